The monoisotopic (exact) mass is 189 g/mol. The molecule has 1 aromatic rings. The Labute approximate surface area is 78.4 Å². The Morgan fingerprint density at radius 2 is 2.08 bits per heavy atom. The molecule has 1 N–H and O–H groups in total. The summed E-state index contributed by atoms with van der Waals surface area (Å²) in [5.74, 6) is -0.176. The summed E-state index contributed by atoms with van der Waals surface area (Å²) in [6.45, 7) is 1.99. The predicted molar refractivity (Wildman–Crippen MR) is 51.1 cm³/mol. The fourth-order valence-electron chi connectivity index (χ4n) is 0.943. The Morgan fingerprint density at radius 3 is 2.58 bits per heavy atom. The molecular weight excluding hydrogens is 177 g/mol. The lowest BCUT2D eigenvalue weighted by atomic mass is 10.1. The summed E-state index contributed by atoms with van der Waals surface area (Å²) in [5.41, 5.74) is 0.979. The maximum Gasteiger partial charge on any atom is 0.123 e. The summed E-state index contributed by atoms with van der Waals surface area (Å²) in [6.07, 6.45) is 0. The first kappa shape index (κ1) is 11.4. The van der Waals surface area contributed by atoms with Crippen LogP contribution in [-0.4, -0.2) is 7.05 Å². The molecule has 68 valence electrons. The predicted octanol–water partition coefficient (Wildman–Crippen LogP) is 2.53. The Hall–Kier alpha value is -0.600. The molecule has 3 heteroatoms. The number of hydrogen-bond donors (Lipinski definition) is 1. The van der Waals surface area contributed by atoms with Gasteiger partial charge in [-0.3, -0.25) is 0 Å². The van der Waals surface area contributed by atoms with Gasteiger partial charge in [-0.2, -0.15) is 0 Å². The van der Waals surface area contributed by atoms with Crippen molar-refractivity contribution in [3.05, 3.63) is 35.6 Å². The molecule has 0 saturated carbocycles. The second kappa shape index (κ2) is 5.12. The summed E-state index contributed by atoms with van der Waals surface area (Å²) in [6, 6.07) is 6.83. The highest BCUT2D eigenvalue weighted by molar-refractivity contribution is 5.85. The van der Waals surface area contributed by atoms with E-state index in [4.69, 9.17) is 0 Å². The summed E-state index contributed by atoms with van der Waals surface area (Å²) in [4.78, 5) is 0. The molecule has 0 saturated heterocycles. The molecule has 0 aliphatic heterocycles. The topological polar surface area (TPSA) is 12.0 Å². The molecular formula is C9H13ClFN. The highest BCUT2D eigenvalue weighted by Gasteiger charge is 2.01. The van der Waals surface area contributed by atoms with Crippen LogP contribution < -0.4 is 5.32 Å². The SMILES string of the molecule is CN[C@H](C)c1cccc(F)c1.Cl. The zero-order valence-corrected chi connectivity index (χ0v) is 7.99. The minimum absolute atomic E-state index is 0. The van der Waals surface area contributed by atoms with Gasteiger partial charge in [0.05, 0.1) is 0 Å². The van der Waals surface area contributed by atoms with Gasteiger partial charge in [-0.1, -0.05) is 12.1 Å². The average Bonchev–Trinajstić information content (AvgIpc) is 2.03. The highest BCUT2D eigenvalue weighted by atomic mass is 35.5. The minimum atomic E-state index is -0.176. The second-order valence-corrected chi connectivity index (χ2v) is 2.57. The van der Waals surface area contributed by atoms with Crippen molar-refractivity contribution in [3.8, 4) is 0 Å². The first-order chi connectivity index (χ1) is 5.24. The molecule has 0 aromatic heterocycles. The lowest BCUT2D eigenvalue weighted by molar-refractivity contribution is 0.608. The molecule has 0 aliphatic carbocycles. The largest absolute Gasteiger partial charge is 0.313 e. The van der Waals surface area contributed by atoms with Crippen LogP contribution in [0, 0.1) is 5.82 Å². The van der Waals surface area contributed by atoms with Gasteiger partial charge in [0, 0.05) is 6.04 Å². The van der Waals surface area contributed by atoms with Crippen molar-refractivity contribution in [2.45, 2.75) is 13.0 Å². The van der Waals surface area contributed by atoms with Crippen LogP contribution in [0.2, 0.25) is 0 Å². The fraction of sp³-hybridized carbons (Fsp3) is 0.333. The molecule has 0 radical (unpaired) electrons. The summed E-state index contributed by atoms with van der Waals surface area (Å²) in [5, 5.41) is 3.04. The standard InChI is InChI=1S/C9H12FN.ClH/c1-7(11-2)8-4-3-5-9(10)6-8;/h3-7,11H,1-2H3;1H/t7-;/m1./s1. The number of benzene rings is 1. The molecule has 0 fully saturated rings. The second-order valence-electron chi connectivity index (χ2n) is 2.57. The van der Waals surface area contributed by atoms with Crippen LogP contribution >= 0.6 is 12.4 Å². The van der Waals surface area contributed by atoms with E-state index < -0.39 is 0 Å². The van der Waals surface area contributed by atoms with Crippen molar-refractivity contribution in [1.82, 2.24) is 5.32 Å². The number of rotatable bonds is 2. The van der Waals surface area contributed by atoms with Gasteiger partial charge in [0.1, 0.15) is 5.82 Å². The average molecular weight is 190 g/mol. The normalized spacial score (nSPS) is 11.9. The maximum absolute atomic E-state index is 12.6. The van der Waals surface area contributed by atoms with E-state index in [1.165, 1.54) is 6.07 Å². The van der Waals surface area contributed by atoms with Gasteiger partial charge in [0.25, 0.3) is 0 Å². The van der Waals surface area contributed by atoms with Crippen molar-refractivity contribution in [1.29, 1.82) is 0 Å². The first-order valence-electron chi connectivity index (χ1n) is 3.67. The Balaban J connectivity index is 0.00000121. The maximum atomic E-state index is 12.6. The third-order valence-electron chi connectivity index (χ3n) is 1.78. The van der Waals surface area contributed by atoms with E-state index in [1.807, 2.05) is 20.0 Å². The van der Waals surface area contributed by atoms with Crippen molar-refractivity contribution < 1.29 is 4.39 Å². The van der Waals surface area contributed by atoms with Crippen LogP contribution in [0.3, 0.4) is 0 Å². The van der Waals surface area contributed by atoms with Gasteiger partial charge in [-0.15, -0.1) is 12.4 Å². The molecule has 0 spiro atoms. The van der Waals surface area contributed by atoms with Gasteiger partial charge in [0.2, 0.25) is 0 Å². The molecule has 0 unspecified atom stereocenters. The van der Waals surface area contributed by atoms with E-state index >= 15 is 0 Å². The number of halogens is 2. The molecule has 0 heterocycles. The third kappa shape index (κ3) is 2.80. The third-order valence-corrected chi connectivity index (χ3v) is 1.78. The van der Waals surface area contributed by atoms with E-state index in [0.29, 0.717) is 0 Å². The molecule has 0 aliphatic rings. The molecule has 1 atom stereocenters. The van der Waals surface area contributed by atoms with E-state index in [0.717, 1.165) is 5.56 Å². The lowest BCUT2D eigenvalue weighted by Crippen LogP contribution is -2.12. The molecule has 1 rings (SSSR count). The van der Waals surface area contributed by atoms with Crippen molar-refractivity contribution in [2.75, 3.05) is 7.05 Å². The van der Waals surface area contributed by atoms with Gasteiger partial charge < -0.3 is 5.32 Å². The molecule has 1 nitrogen and oxygen atoms in total. The van der Waals surface area contributed by atoms with Gasteiger partial charge >= 0.3 is 0 Å². The quantitative estimate of drug-likeness (QED) is 0.754. The van der Waals surface area contributed by atoms with Crippen LogP contribution in [-0.2, 0) is 0 Å². The first-order valence-corrected chi connectivity index (χ1v) is 3.67. The van der Waals surface area contributed by atoms with E-state index in [-0.39, 0.29) is 24.3 Å². The summed E-state index contributed by atoms with van der Waals surface area (Å²) >= 11 is 0. The summed E-state index contributed by atoms with van der Waals surface area (Å²) in [7, 11) is 1.86. The summed E-state index contributed by atoms with van der Waals surface area (Å²) < 4.78 is 12.6. The van der Waals surface area contributed by atoms with Crippen LogP contribution in [0.4, 0.5) is 4.39 Å². The van der Waals surface area contributed by atoms with E-state index in [9.17, 15) is 4.39 Å². The molecule has 1 aromatic carbocycles. The zero-order chi connectivity index (χ0) is 8.27. The van der Waals surface area contributed by atoms with Crippen LogP contribution in [0.1, 0.15) is 18.5 Å². The van der Waals surface area contributed by atoms with E-state index in [2.05, 4.69) is 5.32 Å². The Morgan fingerprint density at radius 1 is 1.42 bits per heavy atom. The van der Waals surface area contributed by atoms with Gasteiger partial charge in [-0.05, 0) is 31.7 Å². The minimum Gasteiger partial charge on any atom is -0.313 e. The Kier molecular flexibility index (Phi) is 4.86. The molecule has 0 bridgehead atoms. The van der Waals surface area contributed by atoms with E-state index in [1.54, 1.807) is 12.1 Å². The van der Waals surface area contributed by atoms with Crippen molar-refractivity contribution in [2.24, 2.45) is 0 Å². The van der Waals surface area contributed by atoms with Crippen molar-refractivity contribution >= 4 is 12.4 Å². The Bertz CT molecular complexity index is 240. The smallest absolute Gasteiger partial charge is 0.123 e. The van der Waals surface area contributed by atoms with Crippen LogP contribution in [0.15, 0.2) is 24.3 Å². The van der Waals surface area contributed by atoms with Gasteiger partial charge in [-0.25, -0.2) is 4.39 Å². The molecule has 12 heavy (non-hydrogen) atoms. The van der Waals surface area contributed by atoms with Crippen molar-refractivity contribution in [3.63, 3.8) is 0 Å². The molecule has 0 amide bonds. The fourth-order valence-corrected chi connectivity index (χ4v) is 0.943. The highest BCUT2D eigenvalue weighted by Crippen LogP contribution is 2.11. The lowest BCUT2D eigenvalue weighted by Gasteiger charge is -2.09. The van der Waals surface area contributed by atoms with Gasteiger partial charge in [0.15, 0.2) is 0 Å². The van der Waals surface area contributed by atoms with Crippen LogP contribution in [0.5, 0.6) is 0 Å². The number of nitrogens with one attached hydrogen (secondary N) is 1. The number of hydrogen-bond acceptors (Lipinski definition) is 1. The van der Waals surface area contributed by atoms with Crippen LogP contribution in [0.25, 0.3) is 0 Å². The zero-order valence-electron chi connectivity index (χ0n) is 7.17.